The highest BCUT2D eigenvalue weighted by atomic mass is 16.6. The van der Waals surface area contributed by atoms with Crippen LogP contribution in [0.3, 0.4) is 0 Å². The van der Waals surface area contributed by atoms with E-state index in [1.807, 2.05) is 7.05 Å². The summed E-state index contributed by atoms with van der Waals surface area (Å²) in [5.74, 6) is 1.39. The van der Waals surface area contributed by atoms with Crippen LogP contribution in [0.15, 0.2) is 17.1 Å². The Bertz CT molecular complexity index is 1210. The van der Waals surface area contributed by atoms with Crippen LogP contribution in [0.25, 0.3) is 0 Å². The summed E-state index contributed by atoms with van der Waals surface area (Å²) >= 11 is 0. The van der Waals surface area contributed by atoms with Crippen molar-refractivity contribution in [1.82, 2.24) is 34.9 Å². The Hall–Kier alpha value is -3.19. The van der Waals surface area contributed by atoms with Crippen LogP contribution >= 0.6 is 0 Å². The van der Waals surface area contributed by atoms with Crippen molar-refractivity contribution in [2.24, 2.45) is 11.8 Å². The Kier molecular flexibility index (Phi) is 10.9. The van der Waals surface area contributed by atoms with Crippen LogP contribution in [0.4, 0.5) is 15.4 Å². The first kappa shape index (κ1) is 33.7. The molecule has 3 N–H and O–H groups in total. The van der Waals surface area contributed by atoms with E-state index in [2.05, 4.69) is 25.8 Å². The van der Waals surface area contributed by atoms with Crippen molar-refractivity contribution in [3.63, 3.8) is 0 Å². The van der Waals surface area contributed by atoms with Gasteiger partial charge in [-0.25, -0.2) is 14.4 Å². The molecule has 13 nitrogen and oxygen atoms in total. The zero-order chi connectivity index (χ0) is 32.1. The highest BCUT2D eigenvalue weighted by Crippen LogP contribution is 2.33. The van der Waals surface area contributed by atoms with Crippen LogP contribution in [-0.2, 0) is 9.53 Å². The van der Waals surface area contributed by atoms with Gasteiger partial charge >= 0.3 is 17.8 Å². The van der Waals surface area contributed by atoms with Crippen molar-refractivity contribution in [3.05, 3.63) is 22.7 Å². The number of hydrogen-bond acceptors (Lipinski definition) is 8. The highest BCUT2D eigenvalue weighted by molar-refractivity contribution is 5.90. The Morgan fingerprint density at radius 3 is 2.20 bits per heavy atom. The van der Waals surface area contributed by atoms with E-state index in [-0.39, 0.29) is 29.5 Å². The smallest absolute Gasteiger partial charge is 0.408 e. The van der Waals surface area contributed by atoms with E-state index in [4.69, 9.17) is 4.74 Å². The van der Waals surface area contributed by atoms with E-state index in [0.29, 0.717) is 32.1 Å². The maximum atomic E-state index is 13.1. The van der Waals surface area contributed by atoms with Gasteiger partial charge in [0, 0.05) is 51.5 Å². The fourth-order valence-corrected chi connectivity index (χ4v) is 6.57. The number of likely N-dealkylation sites (tertiary alicyclic amines) is 1. The minimum atomic E-state index is -1.16. The van der Waals surface area contributed by atoms with Gasteiger partial charge in [0.15, 0.2) is 0 Å². The summed E-state index contributed by atoms with van der Waals surface area (Å²) in [6.45, 7) is 14.4. The molecule has 1 aliphatic carbocycles. The minimum absolute atomic E-state index is 0.131. The normalized spacial score (nSPS) is 23.4. The van der Waals surface area contributed by atoms with Crippen LogP contribution in [0, 0.1) is 11.8 Å². The predicted octanol–water partition coefficient (Wildman–Crippen LogP) is 2.50. The third-order valence-electron chi connectivity index (χ3n) is 8.86. The summed E-state index contributed by atoms with van der Waals surface area (Å²) in [4.78, 5) is 61.1. The number of ether oxygens (including phenoxy) is 1. The van der Waals surface area contributed by atoms with Crippen LogP contribution < -0.4 is 21.6 Å². The van der Waals surface area contributed by atoms with Gasteiger partial charge in [-0.2, -0.15) is 4.98 Å². The van der Waals surface area contributed by atoms with Gasteiger partial charge in [-0.15, -0.1) is 0 Å². The monoisotopic (exact) mass is 616 g/mol. The molecule has 0 radical (unpaired) electrons. The Labute approximate surface area is 261 Å². The number of anilines is 1. The summed E-state index contributed by atoms with van der Waals surface area (Å²) in [6, 6.07) is 1.45. The summed E-state index contributed by atoms with van der Waals surface area (Å²) in [7, 11) is 2.02. The first-order valence-corrected chi connectivity index (χ1v) is 16.1. The number of alkyl carbamates (subject to hydrolysis) is 1. The molecule has 0 unspecified atom stereocenters. The number of nitrogens with zero attached hydrogens (tertiary/aromatic N) is 5. The maximum Gasteiger partial charge on any atom is 0.408 e. The lowest BCUT2D eigenvalue weighted by molar-refractivity contribution is -0.138. The quantitative estimate of drug-likeness (QED) is 0.405. The molecule has 3 aliphatic rings. The van der Waals surface area contributed by atoms with Gasteiger partial charge in [-0.1, -0.05) is 0 Å². The third kappa shape index (κ3) is 9.16. The van der Waals surface area contributed by atoms with E-state index < -0.39 is 17.2 Å². The number of nitrogens with one attached hydrogen (secondary N) is 3. The second-order valence-electron chi connectivity index (χ2n) is 14.1. The summed E-state index contributed by atoms with van der Waals surface area (Å²) < 4.78 is 7.00. The van der Waals surface area contributed by atoms with E-state index in [1.54, 1.807) is 61.2 Å². The Morgan fingerprint density at radius 1 is 0.932 bits per heavy atom. The van der Waals surface area contributed by atoms with E-state index in [9.17, 15) is 19.2 Å². The molecule has 0 bridgehead atoms. The predicted molar refractivity (Wildman–Crippen MR) is 169 cm³/mol. The fourth-order valence-electron chi connectivity index (χ4n) is 6.57. The summed E-state index contributed by atoms with van der Waals surface area (Å²) in [5.41, 5.74) is -2.19. The second-order valence-corrected chi connectivity index (χ2v) is 14.1. The molecule has 4 rings (SSSR count). The molecule has 44 heavy (non-hydrogen) atoms. The Balaban J connectivity index is 1.21. The van der Waals surface area contributed by atoms with Crippen molar-refractivity contribution >= 4 is 23.8 Å². The zero-order valence-corrected chi connectivity index (χ0v) is 27.4. The average Bonchev–Trinajstić information content (AvgIpc) is 3.39. The second kappa shape index (κ2) is 14.3. The first-order valence-electron chi connectivity index (χ1n) is 16.1. The molecule has 13 heteroatoms. The largest absolute Gasteiger partial charge is 0.444 e. The van der Waals surface area contributed by atoms with Gasteiger partial charge in [0.05, 0.1) is 0 Å². The number of carbonyl (C=O) groups excluding carboxylic acids is 3. The topological polar surface area (TPSA) is 141 Å². The molecule has 2 saturated heterocycles. The highest BCUT2D eigenvalue weighted by Gasteiger charge is 2.37. The number of aromatic nitrogens is 2. The van der Waals surface area contributed by atoms with Crippen LogP contribution in [0.5, 0.6) is 0 Å². The molecule has 246 valence electrons. The maximum absolute atomic E-state index is 13.1. The van der Waals surface area contributed by atoms with Crippen molar-refractivity contribution < 1.29 is 19.1 Å². The lowest BCUT2D eigenvalue weighted by atomic mass is 9.85. The average molecular weight is 617 g/mol. The number of piperazine rings is 1. The molecule has 1 aromatic heterocycles. The molecule has 0 aromatic carbocycles. The standard InChI is InChI=1S/C31H52N8O5/c1-30(2,3)44-29(43)35-31(4,5)26(40)37-15-17-38(18-16-37)27(41)33-25-12-14-39(28(42)34-25)24-9-7-22(8-10-24)20-36-13-11-23(21-36)19-32-6/h12,14,22-24,32H,7-11,13,15-21H2,1-6H3,(H,35,43)(H,33,34,41,42)/t22-,23-,24-/m1/s1. The van der Waals surface area contributed by atoms with Gasteiger partial charge in [-0.05, 0) is 105 Å². The molecule has 0 spiro atoms. The van der Waals surface area contributed by atoms with Crippen molar-refractivity contribution in [3.8, 4) is 0 Å². The minimum Gasteiger partial charge on any atom is -0.444 e. The van der Waals surface area contributed by atoms with E-state index >= 15 is 0 Å². The van der Waals surface area contributed by atoms with Crippen LogP contribution in [0.1, 0.15) is 72.8 Å². The van der Waals surface area contributed by atoms with E-state index in [0.717, 1.165) is 44.7 Å². The lowest BCUT2D eigenvalue weighted by Gasteiger charge is -2.38. The van der Waals surface area contributed by atoms with Crippen LogP contribution in [0.2, 0.25) is 0 Å². The molecule has 2 aliphatic heterocycles. The molecular formula is C31H52N8O5. The Morgan fingerprint density at radius 2 is 1.59 bits per heavy atom. The lowest BCUT2D eigenvalue weighted by Crippen LogP contribution is -2.60. The number of carbonyl (C=O) groups is 3. The molecular weight excluding hydrogens is 564 g/mol. The third-order valence-corrected chi connectivity index (χ3v) is 8.86. The summed E-state index contributed by atoms with van der Waals surface area (Å²) in [6.07, 6.45) is 6.47. The van der Waals surface area contributed by atoms with Crippen molar-refractivity contribution in [2.75, 3.05) is 64.7 Å². The molecule has 3 heterocycles. The van der Waals surface area contributed by atoms with Gasteiger partial charge < -0.3 is 30.1 Å². The number of hydrogen-bond donors (Lipinski definition) is 3. The number of urea groups is 1. The number of rotatable bonds is 8. The summed E-state index contributed by atoms with van der Waals surface area (Å²) in [5, 5.41) is 8.68. The van der Waals surface area contributed by atoms with Crippen LogP contribution in [-0.4, -0.2) is 113 Å². The molecule has 4 amide bonds. The van der Waals surface area contributed by atoms with Gasteiger partial charge in [0.25, 0.3) is 0 Å². The zero-order valence-electron chi connectivity index (χ0n) is 27.4. The van der Waals surface area contributed by atoms with Gasteiger partial charge in [0.2, 0.25) is 5.91 Å². The molecule has 1 saturated carbocycles. The van der Waals surface area contributed by atoms with Crippen molar-refractivity contribution in [1.29, 1.82) is 0 Å². The van der Waals surface area contributed by atoms with Crippen molar-refractivity contribution in [2.45, 2.75) is 83.9 Å². The number of amides is 4. The fraction of sp³-hybridized carbons (Fsp3) is 0.774. The molecule has 1 atom stereocenters. The molecule has 3 fully saturated rings. The SMILES string of the molecule is CNC[C@H]1CCN(C[C@H]2CC[C@H](n3ccc(NC(=O)N4CCN(C(=O)C(C)(C)NC(=O)OC(C)(C)C)CC4)nc3=O)CC2)C1. The molecule has 1 aromatic rings. The van der Waals surface area contributed by atoms with Gasteiger partial charge in [-0.3, -0.25) is 14.7 Å². The first-order chi connectivity index (χ1) is 20.7. The van der Waals surface area contributed by atoms with Gasteiger partial charge in [0.1, 0.15) is 17.0 Å². The van der Waals surface area contributed by atoms with E-state index in [1.165, 1.54) is 19.5 Å².